The molecule has 0 saturated carbocycles. The third-order valence-corrected chi connectivity index (χ3v) is 3.46. The van der Waals surface area contributed by atoms with Crippen LogP contribution in [0.15, 0.2) is 23.7 Å². The predicted octanol–water partition coefficient (Wildman–Crippen LogP) is 2.04. The first-order valence-corrected chi connectivity index (χ1v) is 6.69. The smallest absolute Gasteiger partial charge is 0.262 e. The molecule has 1 aliphatic heterocycles. The number of hydrogen-bond donors (Lipinski definition) is 2. The van der Waals surface area contributed by atoms with Gasteiger partial charge in [-0.2, -0.15) is 0 Å². The minimum atomic E-state index is -0.130. The van der Waals surface area contributed by atoms with Gasteiger partial charge in [0.25, 0.3) is 5.91 Å². The molecular weight excluding hydrogens is 264 g/mol. The molecule has 2 N–H and O–H groups in total. The molecule has 1 aliphatic rings. The molecule has 1 aromatic carbocycles. The lowest BCUT2D eigenvalue weighted by atomic mass is 10.1. The van der Waals surface area contributed by atoms with E-state index in [9.17, 15) is 4.79 Å². The zero-order valence-electron chi connectivity index (χ0n) is 10.2. The van der Waals surface area contributed by atoms with Crippen molar-refractivity contribution in [2.75, 3.05) is 17.2 Å². The van der Waals surface area contributed by atoms with E-state index in [-0.39, 0.29) is 18.6 Å². The number of rotatable bonds is 3. The Hall–Kier alpha value is -2.15. The van der Waals surface area contributed by atoms with Crippen molar-refractivity contribution < 1.29 is 9.53 Å². The van der Waals surface area contributed by atoms with Crippen LogP contribution < -0.4 is 15.4 Å². The fraction of sp³-hybridized carbons (Fsp3) is 0.250. The van der Waals surface area contributed by atoms with Gasteiger partial charge in [-0.25, -0.2) is 0 Å². The second kappa shape index (κ2) is 4.85. The minimum Gasteiger partial charge on any atom is -0.482 e. The van der Waals surface area contributed by atoms with Gasteiger partial charge >= 0.3 is 0 Å². The molecule has 2 heterocycles. The highest BCUT2D eigenvalue weighted by molar-refractivity contribution is 7.13. The van der Waals surface area contributed by atoms with Gasteiger partial charge in [-0.1, -0.05) is 17.4 Å². The first-order chi connectivity index (χ1) is 9.22. The zero-order valence-corrected chi connectivity index (χ0v) is 11.0. The average Bonchev–Trinajstić information content (AvgIpc) is 2.90. The molecule has 0 aliphatic carbocycles. The van der Waals surface area contributed by atoms with Crippen molar-refractivity contribution in [3.8, 4) is 5.75 Å². The van der Waals surface area contributed by atoms with E-state index in [0.29, 0.717) is 11.4 Å². The number of nitrogens with zero attached hydrogens (tertiary/aromatic N) is 2. The molecule has 6 nitrogen and oxygen atoms in total. The Morgan fingerprint density at radius 2 is 2.42 bits per heavy atom. The summed E-state index contributed by atoms with van der Waals surface area (Å²) < 4.78 is 5.32. The van der Waals surface area contributed by atoms with Gasteiger partial charge in [-0.3, -0.25) is 4.79 Å². The monoisotopic (exact) mass is 276 g/mol. The third-order valence-electron chi connectivity index (χ3n) is 2.84. The number of carbonyl (C=O) groups is 1. The van der Waals surface area contributed by atoms with Gasteiger partial charge in [-0.05, 0) is 24.6 Å². The first-order valence-electron chi connectivity index (χ1n) is 5.81. The summed E-state index contributed by atoms with van der Waals surface area (Å²) in [7, 11) is 0. The summed E-state index contributed by atoms with van der Waals surface area (Å²) in [4.78, 5) is 11.3. The fourth-order valence-electron chi connectivity index (χ4n) is 1.87. The van der Waals surface area contributed by atoms with Crippen molar-refractivity contribution in [2.45, 2.75) is 13.0 Å². The van der Waals surface area contributed by atoms with Crippen LogP contribution >= 0.6 is 11.3 Å². The quantitative estimate of drug-likeness (QED) is 0.897. The highest BCUT2D eigenvalue weighted by Crippen LogP contribution is 2.31. The van der Waals surface area contributed by atoms with Crippen LogP contribution in [0.1, 0.15) is 18.5 Å². The lowest BCUT2D eigenvalue weighted by Crippen LogP contribution is -2.25. The molecule has 7 heteroatoms. The Labute approximate surface area is 113 Å². The Morgan fingerprint density at radius 1 is 1.53 bits per heavy atom. The maximum atomic E-state index is 11.3. The lowest BCUT2D eigenvalue weighted by Gasteiger charge is -2.20. The van der Waals surface area contributed by atoms with E-state index in [0.717, 1.165) is 10.7 Å². The molecule has 1 unspecified atom stereocenters. The topological polar surface area (TPSA) is 76.1 Å². The number of nitrogens with one attached hydrogen (secondary N) is 2. The van der Waals surface area contributed by atoms with E-state index in [1.54, 1.807) is 5.51 Å². The third kappa shape index (κ3) is 2.50. The molecule has 3 rings (SSSR count). The average molecular weight is 276 g/mol. The number of aromatic nitrogens is 2. The molecule has 2 aromatic rings. The highest BCUT2D eigenvalue weighted by atomic mass is 32.1. The van der Waals surface area contributed by atoms with Gasteiger partial charge < -0.3 is 15.4 Å². The Morgan fingerprint density at radius 3 is 3.21 bits per heavy atom. The Kier molecular flexibility index (Phi) is 3.04. The van der Waals surface area contributed by atoms with Gasteiger partial charge in [0.2, 0.25) is 5.13 Å². The van der Waals surface area contributed by atoms with Gasteiger partial charge in [-0.15, -0.1) is 10.2 Å². The minimum absolute atomic E-state index is 0.0667. The number of hydrogen-bond acceptors (Lipinski definition) is 6. The van der Waals surface area contributed by atoms with Crippen LogP contribution in [0.2, 0.25) is 0 Å². The Bertz CT molecular complexity index is 600. The molecule has 0 spiro atoms. The molecule has 1 amide bonds. The number of anilines is 2. The van der Waals surface area contributed by atoms with Gasteiger partial charge in [0, 0.05) is 0 Å². The number of fused-ring (bicyclic) bond motifs is 1. The normalized spacial score (nSPS) is 15.1. The van der Waals surface area contributed by atoms with Crippen LogP contribution in [-0.4, -0.2) is 22.7 Å². The molecular formula is C12H12N4O2S. The van der Waals surface area contributed by atoms with Gasteiger partial charge in [0.05, 0.1) is 11.7 Å². The molecule has 0 radical (unpaired) electrons. The molecule has 0 saturated heterocycles. The summed E-state index contributed by atoms with van der Waals surface area (Å²) >= 11 is 1.45. The maximum absolute atomic E-state index is 11.3. The molecule has 19 heavy (non-hydrogen) atoms. The van der Waals surface area contributed by atoms with Crippen LogP contribution in [0.3, 0.4) is 0 Å². The summed E-state index contributed by atoms with van der Waals surface area (Å²) in [6.07, 6.45) is 0. The molecule has 98 valence electrons. The highest BCUT2D eigenvalue weighted by Gasteiger charge is 2.17. The fourth-order valence-corrected chi connectivity index (χ4v) is 2.41. The van der Waals surface area contributed by atoms with Crippen LogP contribution in [0.25, 0.3) is 0 Å². The molecule has 0 bridgehead atoms. The summed E-state index contributed by atoms with van der Waals surface area (Å²) in [6, 6.07) is 5.81. The first kappa shape index (κ1) is 11.9. The largest absolute Gasteiger partial charge is 0.482 e. The van der Waals surface area contributed by atoms with Crippen LogP contribution in [0.4, 0.5) is 10.8 Å². The van der Waals surface area contributed by atoms with E-state index in [1.165, 1.54) is 11.3 Å². The van der Waals surface area contributed by atoms with Crippen molar-refractivity contribution in [1.29, 1.82) is 0 Å². The zero-order chi connectivity index (χ0) is 13.2. The summed E-state index contributed by atoms with van der Waals surface area (Å²) in [6.45, 7) is 2.10. The molecule has 0 fully saturated rings. The van der Waals surface area contributed by atoms with Crippen molar-refractivity contribution in [3.63, 3.8) is 0 Å². The predicted molar refractivity (Wildman–Crippen MR) is 72.5 cm³/mol. The summed E-state index contributed by atoms with van der Waals surface area (Å²) in [5, 5.41) is 14.5. The van der Waals surface area contributed by atoms with E-state index < -0.39 is 0 Å². The number of ether oxygens (including phenoxy) is 1. The molecule has 1 atom stereocenters. The lowest BCUT2D eigenvalue weighted by molar-refractivity contribution is -0.118. The number of carbonyl (C=O) groups excluding carboxylic acids is 1. The summed E-state index contributed by atoms with van der Waals surface area (Å²) in [5.74, 6) is 0.570. The molecule has 1 aromatic heterocycles. The van der Waals surface area contributed by atoms with Crippen molar-refractivity contribution in [2.24, 2.45) is 0 Å². The van der Waals surface area contributed by atoms with E-state index in [4.69, 9.17) is 4.74 Å². The van der Waals surface area contributed by atoms with Crippen LogP contribution in [0, 0.1) is 0 Å². The maximum Gasteiger partial charge on any atom is 0.262 e. The van der Waals surface area contributed by atoms with Gasteiger partial charge in [0.1, 0.15) is 11.3 Å². The van der Waals surface area contributed by atoms with Gasteiger partial charge in [0.15, 0.2) is 6.61 Å². The second-order valence-corrected chi connectivity index (χ2v) is 5.04. The van der Waals surface area contributed by atoms with Crippen molar-refractivity contribution in [1.82, 2.24) is 10.2 Å². The number of amides is 1. The van der Waals surface area contributed by atoms with E-state index in [2.05, 4.69) is 20.8 Å². The SMILES string of the molecule is CC(Nc1nncs1)c1ccc2c(c1)NC(=O)CO2. The van der Waals surface area contributed by atoms with Crippen LogP contribution in [0.5, 0.6) is 5.75 Å². The van der Waals surface area contributed by atoms with Crippen LogP contribution in [-0.2, 0) is 4.79 Å². The van der Waals surface area contributed by atoms with Crippen molar-refractivity contribution >= 4 is 28.1 Å². The van der Waals surface area contributed by atoms with E-state index in [1.807, 2.05) is 25.1 Å². The van der Waals surface area contributed by atoms with E-state index >= 15 is 0 Å². The summed E-state index contributed by atoms with van der Waals surface area (Å²) in [5.41, 5.74) is 3.43. The standard InChI is InChI=1S/C12H12N4O2S/c1-7(14-12-16-13-6-19-12)8-2-3-10-9(4-8)15-11(17)5-18-10/h2-4,6-7H,5H2,1H3,(H,14,16)(H,15,17). The Balaban J connectivity index is 1.81. The second-order valence-electron chi connectivity index (χ2n) is 4.20. The van der Waals surface area contributed by atoms with Crippen molar-refractivity contribution in [3.05, 3.63) is 29.3 Å². The number of benzene rings is 1.